The predicted octanol–water partition coefficient (Wildman–Crippen LogP) is 2.16. The summed E-state index contributed by atoms with van der Waals surface area (Å²) in [7, 11) is 1.54. The lowest BCUT2D eigenvalue weighted by molar-refractivity contribution is 0.369. The van der Waals surface area contributed by atoms with Crippen LogP contribution in [0.4, 0.5) is 4.39 Å². The van der Waals surface area contributed by atoms with Crippen LogP contribution in [0.25, 0.3) is 0 Å². The van der Waals surface area contributed by atoms with Crippen molar-refractivity contribution in [2.75, 3.05) is 34.2 Å². The van der Waals surface area contributed by atoms with Crippen molar-refractivity contribution < 1.29 is 12.8 Å². The maximum atomic E-state index is 13.7. The van der Waals surface area contributed by atoms with Crippen molar-refractivity contribution in [3.63, 3.8) is 0 Å². The molecule has 0 bridgehead atoms. The first-order valence-electron chi connectivity index (χ1n) is 5.81. The second-order valence-electron chi connectivity index (χ2n) is 4.56. The summed E-state index contributed by atoms with van der Waals surface area (Å²) in [6, 6.07) is 3.95. The molecule has 0 heterocycles. The molecule has 7 heteroatoms. The summed E-state index contributed by atoms with van der Waals surface area (Å²) < 4.78 is 39.8. The number of nitrogens with zero attached hydrogens (tertiary/aromatic N) is 2. The van der Waals surface area contributed by atoms with Gasteiger partial charge in [0.25, 0.3) is 0 Å². The number of sulfonamides is 1. The molecular formula is C12H18BrFN2O2S. The lowest BCUT2D eigenvalue weighted by Gasteiger charge is -2.18. The molecule has 108 valence electrons. The van der Waals surface area contributed by atoms with E-state index in [1.54, 1.807) is 0 Å². The first kappa shape index (κ1) is 16.6. The Bertz CT molecular complexity index is 535. The van der Waals surface area contributed by atoms with Gasteiger partial charge in [-0.25, -0.2) is 17.1 Å². The maximum absolute atomic E-state index is 13.7. The Morgan fingerprint density at radius 1 is 1.21 bits per heavy atom. The molecule has 0 spiro atoms. The minimum absolute atomic E-state index is 0.289. The Hall–Kier alpha value is -0.500. The van der Waals surface area contributed by atoms with Gasteiger partial charge in [-0.05, 0) is 45.3 Å². The van der Waals surface area contributed by atoms with Crippen molar-refractivity contribution in [1.29, 1.82) is 0 Å². The summed E-state index contributed by atoms with van der Waals surface area (Å²) >= 11 is 3.10. The van der Waals surface area contributed by atoms with Gasteiger partial charge in [0.2, 0.25) is 10.0 Å². The Morgan fingerprint density at radius 2 is 1.84 bits per heavy atom. The average molecular weight is 353 g/mol. The van der Waals surface area contributed by atoms with Gasteiger partial charge in [0.05, 0.1) is 0 Å². The Morgan fingerprint density at radius 3 is 2.37 bits per heavy atom. The predicted molar refractivity (Wildman–Crippen MR) is 77.1 cm³/mol. The van der Waals surface area contributed by atoms with Gasteiger partial charge >= 0.3 is 0 Å². The summed E-state index contributed by atoms with van der Waals surface area (Å²) in [5, 5.41) is 0. The molecule has 0 saturated heterocycles. The average Bonchev–Trinajstić information content (AvgIpc) is 2.27. The van der Waals surface area contributed by atoms with Crippen molar-refractivity contribution in [3.05, 3.63) is 28.5 Å². The molecule has 1 rings (SSSR count). The molecule has 0 N–H and O–H groups in total. The van der Waals surface area contributed by atoms with Crippen molar-refractivity contribution in [2.45, 2.75) is 11.3 Å². The number of rotatable bonds is 6. The van der Waals surface area contributed by atoms with Crippen LogP contribution in [0.15, 0.2) is 27.6 Å². The smallest absolute Gasteiger partial charge is 0.245 e. The lowest BCUT2D eigenvalue weighted by atomic mass is 10.3. The molecule has 0 atom stereocenters. The van der Waals surface area contributed by atoms with Gasteiger partial charge < -0.3 is 4.90 Å². The molecule has 19 heavy (non-hydrogen) atoms. The SMILES string of the molecule is CN(C)CCCN(C)S(=O)(=O)c1ccc(Br)cc1F. The molecule has 0 amide bonds. The minimum atomic E-state index is -3.77. The van der Waals surface area contributed by atoms with Crippen LogP contribution in [0.1, 0.15) is 6.42 Å². The number of hydrogen-bond donors (Lipinski definition) is 0. The molecular weight excluding hydrogens is 335 g/mol. The monoisotopic (exact) mass is 352 g/mol. The van der Waals surface area contributed by atoms with E-state index in [-0.39, 0.29) is 4.90 Å². The van der Waals surface area contributed by atoms with E-state index in [1.165, 1.54) is 23.5 Å². The van der Waals surface area contributed by atoms with Crippen LogP contribution in [-0.4, -0.2) is 51.9 Å². The summed E-state index contributed by atoms with van der Waals surface area (Å²) in [5.41, 5.74) is 0. The zero-order valence-electron chi connectivity index (χ0n) is 11.2. The van der Waals surface area contributed by atoms with Crippen LogP contribution in [0, 0.1) is 5.82 Å². The molecule has 1 aromatic carbocycles. The normalized spacial score (nSPS) is 12.4. The second kappa shape index (κ2) is 6.78. The Labute approximate surface area is 122 Å². The van der Waals surface area contributed by atoms with E-state index in [2.05, 4.69) is 15.9 Å². The number of halogens is 2. The topological polar surface area (TPSA) is 40.6 Å². The van der Waals surface area contributed by atoms with Crippen LogP contribution in [0.3, 0.4) is 0 Å². The van der Waals surface area contributed by atoms with Gasteiger partial charge in [0.1, 0.15) is 10.7 Å². The minimum Gasteiger partial charge on any atom is -0.309 e. The first-order chi connectivity index (χ1) is 8.75. The van der Waals surface area contributed by atoms with Crippen molar-refractivity contribution in [3.8, 4) is 0 Å². The first-order valence-corrected chi connectivity index (χ1v) is 8.04. The molecule has 4 nitrogen and oxygen atoms in total. The van der Waals surface area contributed by atoms with Gasteiger partial charge in [0.15, 0.2) is 0 Å². The Balaban J connectivity index is 2.85. The van der Waals surface area contributed by atoms with Crippen LogP contribution < -0.4 is 0 Å². The molecule has 0 aliphatic carbocycles. The van der Waals surface area contributed by atoms with E-state index in [4.69, 9.17) is 0 Å². The largest absolute Gasteiger partial charge is 0.309 e. The lowest BCUT2D eigenvalue weighted by Crippen LogP contribution is -2.30. The van der Waals surface area contributed by atoms with Crippen LogP contribution in [0.5, 0.6) is 0 Å². The fourth-order valence-electron chi connectivity index (χ4n) is 1.58. The third-order valence-electron chi connectivity index (χ3n) is 2.66. The number of benzene rings is 1. The zero-order valence-corrected chi connectivity index (χ0v) is 13.6. The number of hydrogen-bond acceptors (Lipinski definition) is 3. The van der Waals surface area contributed by atoms with Crippen molar-refractivity contribution in [2.24, 2.45) is 0 Å². The van der Waals surface area contributed by atoms with Gasteiger partial charge in [-0.1, -0.05) is 15.9 Å². The van der Waals surface area contributed by atoms with E-state index in [9.17, 15) is 12.8 Å². The highest BCUT2D eigenvalue weighted by Gasteiger charge is 2.24. The maximum Gasteiger partial charge on any atom is 0.245 e. The molecule has 0 aliphatic heterocycles. The highest BCUT2D eigenvalue weighted by Crippen LogP contribution is 2.22. The third kappa shape index (κ3) is 4.52. The van der Waals surface area contributed by atoms with Gasteiger partial charge in [-0.3, -0.25) is 0 Å². The molecule has 0 radical (unpaired) electrons. The molecule has 0 fully saturated rings. The van der Waals surface area contributed by atoms with Gasteiger partial charge in [-0.2, -0.15) is 0 Å². The summed E-state index contributed by atoms with van der Waals surface area (Å²) in [6.45, 7) is 1.14. The van der Waals surface area contributed by atoms with E-state index < -0.39 is 15.8 Å². The van der Waals surface area contributed by atoms with Gasteiger partial charge in [0, 0.05) is 18.1 Å². The fraction of sp³-hybridized carbons (Fsp3) is 0.500. The quantitative estimate of drug-likeness (QED) is 0.787. The van der Waals surface area contributed by atoms with Crippen LogP contribution in [-0.2, 0) is 10.0 Å². The van der Waals surface area contributed by atoms with E-state index in [0.717, 1.165) is 12.6 Å². The molecule has 0 aliphatic rings. The standard InChI is InChI=1S/C12H18BrFN2O2S/c1-15(2)7-4-8-16(3)19(17,18)12-6-5-10(13)9-11(12)14/h5-6,9H,4,7-8H2,1-3H3. The summed E-state index contributed by atoms with van der Waals surface area (Å²) in [6.07, 6.45) is 0.695. The molecule has 0 saturated carbocycles. The summed E-state index contributed by atoms with van der Waals surface area (Å²) in [4.78, 5) is 1.68. The third-order valence-corrected chi connectivity index (χ3v) is 5.04. The fourth-order valence-corrected chi connectivity index (χ4v) is 3.17. The second-order valence-corrected chi connectivity index (χ2v) is 7.49. The van der Waals surface area contributed by atoms with Gasteiger partial charge in [-0.15, -0.1) is 0 Å². The highest BCUT2D eigenvalue weighted by atomic mass is 79.9. The molecule has 1 aromatic rings. The summed E-state index contributed by atoms with van der Waals surface area (Å²) in [5.74, 6) is -0.742. The van der Waals surface area contributed by atoms with E-state index >= 15 is 0 Å². The molecule has 0 unspecified atom stereocenters. The Kier molecular flexibility index (Phi) is 5.91. The zero-order chi connectivity index (χ0) is 14.6. The van der Waals surface area contributed by atoms with Crippen LogP contribution in [0.2, 0.25) is 0 Å². The van der Waals surface area contributed by atoms with Crippen LogP contribution >= 0.6 is 15.9 Å². The van der Waals surface area contributed by atoms with E-state index in [1.807, 2.05) is 19.0 Å². The van der Waals surface area contributed by atoms with Crippen molar-refractivity contribution in [1.82, 2.24) is 9.21 Å². The molecule has 0 aromatic heterocycles. The van der Waals surface area contributed by atoms with Crippen molar-refractivity contribution >= 4 is 26.0 Å². The van der Waals surface area contributed by atoms with E-state index in [0.29, 0.717) is 17.4 Å². The highest BCUT2D eigenvalue weighted by molar-refractivity contribution is 9.10.